The van der Waals surface area contributed by atoms with Crippen LogP contribution in [0.15, 0.2) is 0 Å². The van der Waals surface area contributed by atoms with Gasteiger partial charge in [-0.3, -0.25) is 0 Å². The van der Waals surface area contributed by atoms with E-state index >= 15 is 0 Å². The SMILES string of the molecule is CCCNCc1nnnn1C1CCC(C)CC1C. The lowest BCUT2D eigenvalue weighted by Gasteiger charge is -2.32. The van der Waals surface area contributed by atoms with Crippen LogP contribution in [0.2, 0.25) is 0 Å². The van der Waals surface area contributed by atoms with Crippen LogP contribution in [-0.4, -0.2) is 26.8 Å². The average Bonchev–Trinajstić information content (AvgIpc) is 2.78. The molecule has 2 rings (SSSR count). The lowest BCUT2D eigenvalue weighted by Crippen LogP contribution is -2.28. The molecule has 5 nitrogen and oxygen atoms in total. The van der Waals surface area contributed by atoms with Gasteiger partial charge < -0.3 is 5.32 Å². The van der Waals surface area contributed by atoms with Gasteiger partial charge in [0.05, 0.1) is 12.6 Å². The van der Waals surface area contributed by atoms with E-state index < -0.39 is 0 Å². The van der Waals surface area contributed by atoms with Crippen molar-refractivity contribution in [3.63, 3.8) is 0 Å². The van der Waals surface area contributed by atoms with Gasteiger partial charge in [0.25, 0.3) is 0 Å². The summed E-state index contributed by atoms with van der Waals surface area (Å²) in [5.41, 5.74) is 0. The Hall–Kier alpha value is -0.970. The Morgan fingerprint density at radius 2 is 2.17 bits per heavy atom. The molecule has 0 bridgehead atoms. The van der Waals surface area contributed by atoms with Gasteiger partial charge in [0.2, 0.25) is 0 Å². The predicted octanol–water partition coefficient (Wildman–Crippen LogP) is 2.17. The van der Waals surface area contributed by atoms with Crippen molar-refractivity contribution in [2.45, 2.75) is 59.0 Å². The summed E-state index contributed by atoms with van der Waals surface area (Å²) in [6.07, 6.45) is 4.91. The van der Waals surface area contributed by atoms with E-state index in [4.69, 9.17) is 0 Å². The maximum absolute atomic E-state index is 4.21. The van der Waals surface area contributed by atoms with Gasteiger partial charge in [-0.2, -0.15) is 0 Å². The minimum Gasteiger partial charge on any atom is -0.310 e. The van der Waals surface area contributed by atoms with Crippen LogP contribution in [0.4, 0.5) is 0 Å². The second kappa shape index (κ2) is 6.27. The van der Waals surface area contributed by atoms with E-state index in [1.165, 1.54) is 19.3 Å². The molecular formula is C13H25N5. The molecule has 0 radical (unpaired) electrons. The summed E-state index contributed by atoms with van der Waals surface area (Å²) in [6.45, 7) is 8.63. The molecule has 0 amide bonds. The fourth-order valence-corrected chi connectivity index (χ4v) is 2.98. The topological polar surface area (TPSA) is 55.6 Å². The Labute approximate surface area is 109 Å². The highest BCUT2D eigenvalue weighted by Crippen LogP contribution is 2.36. The molecule has 0 saturated heterocycles. The van der Waals surface area contributed by atoms with E-state index in [1.54, 1.807) is 0 Å². The molecule has 102 valence electrons. The lowest BCUT2D eigenvalue weighted by atomic mass is 9.80. The van der Waals surface area contributed by atoms with Gasteiger partial charge in [-0.15, -0.1) is 5.10 Å². The van der Waals surface area contributed by atoms with Gasteiger partial charge in [-0.1, -0.05) is 20.8 Å². The van der Waals surface area contributed by atoms with E-state index in [0.717, 1.165) is 31.3 Å². The van der Waals surface area contributed by atoms with Crippen LogP contribution in [0.5, 0.6) is 0 Å². The minimum atomic E-state index is 0.481. The highest BCUT2D eigenvalue weighted by atomic mass is 15.6. The number of tetrazole rings is 1. The van der Waals surface area contributed by atoms with E-state index in [9.17, 15) is 0 Å². The third kappa shape index (κ3) is 3.07. The first-order chi connectivity index (χ1) is 8.72. The first kappa shape index (κ1) is 13.5. The molecule has 1 fully saturated rings. The summed E-state index contributed by atoms with van der Waals surface area (Å²) in [4.78, 5) is 0. The number of hydrogen-bond acceptors (Lipinski definition) is 4. The highest BCUT2D eigenvalue weighted by Gasteiger charge is 2.29. The Morgan fingerprint density at radius 1 is 1.33 bits per heavy atom. The van der Waals surface area contributed by atoms with Crippen LogP contribution in [-0.2, 0) is 6.54 Å². The summed E-state index contributed by atoms with van der Waals surface area (Å²) in [5.74, 6) is 2.49. The Morgan fingerprint density at radius 3 is 2.89 bits per heavy atom. The maximum atomic E-state index is 4.21. The summed E-state index contributed by atoms with van der Waals surface area (Å²) in [7, 11) is 0. The monoisotopic (exact) mass is 251 g/mol. The van der Waals surface area contributed by atoms with Gasteiger partial charge in [-0.05, 0) is 54.5 Å². The standard InChI is InChI=1S/C13H25N5/c1-4-7-14-9-13-15-16-17-18(13)12-6-5-10(2)8-11(12)3/h10-12,14H,4-9H2,1-3H3. The largest absolute Gasteiger partial charge is 0.310 e. The molecule has 1 aliphatic rings. The third-order valence-electron chi connectivity index (χ3n) is 3.97. The van der Waals surface area contributed by atoms with E-state index in [-0.39, 0.29) is 0 Å². The van der Waals surface area contributed by atoms with Crippen molar-refractivity contribution in [1.82, 2.24) is 25.5 Å². The van der Waals surface area contributed by atoms with Crippen molar-refractivity contribution in [3.05, 3.63) is 5.82 Å². The zero-order valence-corrected chi connectivity index (χ0v) is 11.8. The molecule has 0 spiro atoms. The van der Waals surface area contributed by atoms with Crippen LogP contribution in [0.25, 0.3) is 0 Å². The molecule has 1 aromatic rings. The van der Waals surface area contributed by atoms with E-state index in [1.807, 2.05) is 0 Å². The van der Waals surface area contributed by atoms with Crippen LogP contribution in [0.3, 0.4) is 0 Å². The molecule has 18 heavy (non-hydrogen) atoms. The second-order valence-corrected chi connectivity index (χ2v) is 5.68. The minimum absolute atomic E-state index is 0.481. The smallest absolute Gasteiger partial charge is 0.165 e. The summed E-state index contributed by atoms with van der Waals surface area (Å²) < 4.78 is 2.05. The van der Waals surface area contributed by atoms with Gasteiger partial charge >= 0.3 is 0 Å². The van der Waals surface area contributed by atoms with E-state index in [2.05, 4.69) is 46.3 Å². The molecule has 1 aliphatic carbocycles. The Bertz CT molecular complexity index is 362. The summed E-state index contributed by atoms with van der Waals surface area (Å²) in [6, 6.07) is 0.481. The lowest BCUT2D eigenvalue weighted by molar-refractivity contribution is 0.188. The first-order valence-corrected chi connectivity index (χ1v) is 7.19. The molecule has 3 unspecified atom stereocenters. The van der Waals surface area contributed by atoms with Crippen molar-refractivity contribution in [2.24, 2.45) is 11.8 Å². The van der Waals surface area contributed by atoms with Crippen molar-refractivity contribution >= 4 is 0 Å². The molecule has 0 aromatic carbocycles. The number of aromatic nitrogens is 4. The summed E-state index contributed by atoms with van der Waals surface area (Å²) in [5, 5.41) is 15.6. The van der Waals surface area contributed by atoms with Crippen LogP contribution >= 0.6 is 0 Å². The van der Waals surface area contributed by atoms with Gasteiger partial charge in [0.15, 0.2) is 5.82 Å². The summed E-state index contributed by atoms with van der Waals surface area (Å²) >= 11 is 0. The fourth-order valence-electron chi connectivity index (χ4n) is 2.98. The zero-order chi connectivity index (χ0) is 13.0. The molecule has 1 aromatic heterocycles. The number of hydrogen-bond donors (Lipinski definition) is 1. The fraction of sp³-hybridized carbons (Fsp3) is 0.923. The number of nitrogens with one attached hydrogen (secondary N) is 1. The maximum Gasteiger partial charge on any atom is 0.165 e. The van der Waals surface area contributed by atoms with Crippen LogP contribution in [0, 0.1) is 11.8 Å². The molecule has 3 atom stereocenters. The first-order valence-electron chi connectivity index (χ1n) is 7.19. The highest BCUT2D eigenvalue weighted by molar-refractivity contribution is 4.88. The number of nitrogens with zero attached hydrogens (tertiary/aromatic N) is 4. The van der Waals surface area contributed by atoms with E-state index in [0.29, 0.717) is 12.0 Å². The van der Waals surface area contributed by atoms with Crippen molar-refractivity contribution in [2.75, 3.05) is 6.54 Å². The predicted molar refractivity (Wildman–Crippen MR) is 71.0 cm³/mol. The second-order valence-electron chi connectivity index (χ2n) is 5.68. The molecule has 0 aliphatic heterocycles. The number of rotatable bonds is 5. The quantitative estimate of drug-likeness (QED) is 0.815. The zero-order valence-electron chi connectivity index (χ0n) is 11.8. The molecule has 1 heterocycles. The van der Waals surface area contributed by atoms with Crippen molar-refractivity contribution in [1.29, 1.82) is 0 Å². The molecule has 5 heteroatoms. The Kier molecular flexibility index (Phi) is 4.69. The molecular weight excluding hydrogens is 226 g/mol. The third-order valence-corrected chi connectivity index (χ3v) is 3.97. The van der Waals surface area contributed by atoms with Crippen LogP contribution in [0.1, 0.15) is 58.3 Å². The molecule has 1 saturated carbocycles. The van der Waals surface area contributed by atoms with Crippen molar-refractivity contribution in [3.8, 4) is 0 Å². The normalized spacial score (nSPS) is 28.5. The van der Waals surface area contributed by atoms with Gasteiger partial charge in [-0.25, -0.2) is 4.68 Å². The van der Waals surface area contributed by atoms with Crippen LogP contribution < -0.4 is 5.32 Å². The molecule has 1 N–H and O–H groups in total. The Balaban J connectivity index is 2.01. The van der Waals surface area contributed by atoms with Gasteiger partial charge in [0.1, 0.15) is 0 Å². The average molecular weight is 251 g/mol. The van der Waals surface area contributed by atoms with Gasteiger partial charge in [0, 0.05) is 0 Å². The van der Waals surface area contributed by atoms with Crippen molar-refractivity contribution < 1.29 is 0 Å².